The van der Waals surface area contributed by atoms with Gasteiger partial charge in [0.05, 0.1) is 18.3 Å². The van der Waals surface area contributed by atoms with Crippen molar-refractivity contribution in [2.24, 2.45) is 0 Å². The van der Waals surface area contributed by atoms with Gasteiger partial charge in [0.15, 0.2) is 0 Å². The Bertz CT molecular complexity index is 893. The largest absolute Gasteiger partial charge is 0.494 e. The van der Waals surface area contributed by atoms with Crippen LogP contribution in [0.25, 0.3) is 11.1 Å². The van der Waals surface area contributed by atoms with E-state index in [4.69, 9.17) is 9.31 Å². The third-order valence-electron chi connectivity index (χ3n) is 4.59. The molecule has 0 bridgehead atoms. The molecular formula is C21H16BF3O2. The monoisotopic (exact) mass is 368 g/mol. The zero-order chi connectivity index (χ0) is 18.9. The van der Waals surface area contributed by atoms with Crippen molar-refractivity contribution in [1.82, 2.24) is 0 Å². The van der Waals surface area contributed by atoms with Gasteiger partial charge in [0.1, 0.15) is 0 Å². The lowest BCUT2D eigenvalue weighted by Crippen LogP contribution is -2.31. The molecule has 1 atom stereocenters. The molecule has 1 aliphatic heterocycles. The summed E-state index contributed by atoms with van der Waals surface area (Å²) in [4.78, 5) is 0. The van der Waals surface area contributed by atoms with Crippen molar-refractivity contribution < 1.29 is 22.5 Å². The Morgan fingerprint density at radius 3 is 2.04 bits per heavy atom. The van der Waals surface area contributed by atoms with Crippen LogP contribution in [0.1, 0.15) is 17.2 Å². The van der Waals surface area contributed by atoms with E-state index in [1.165, 1.54) is 12.1 Å². The lowest BCUT2D eigenvalue weighted by atomic mass is 9.79. The molecule has 4 rings (SSSR count). The number of halogens is 3. The highest BCUT2D eigenvalue weighted by molar-refractivity contribution is 6.61. The molecule has 6 heteroatoms. The zero-order valence-electron chi connectivity index (χ0n) is 14.3. The Morgan fingerprint density at radius 2 is 1.41 bits per heavy atom. The van der Waals surface area contributed by atoms with Crippen LogP contribution in [0, 0.1) is 0 Å². The van der Waals surface area contributed by atoms with Crippen LogP contribution in [0.3, 0.4) is 0 Å². The van der Waals surface area contributed by atoms with Gasteiger partial charge < -0.3 is 9.31 Å². The molecule has 2 nitrogen and oxygen atoms in total. The molecule has 1 saturated heterocycles. The summed E-state index contributed by atoms with van der Waals surface area (Å²) < 4.78 is 49.6. The summed E-state index contributed by atoms with van der Waals surface area (Å²) in [5.41, 5.74) is 3.10. The summed E-state index contributed by atoms with van der Waals surface area (Å²) in [7, 11) is -0.526. The molecule has 1 fully saturated rings. The van der Waals surface area contributed by atoms with Crippen LogP contribution < -0.4 is 5.46 Å². The van der Waals surface area contributed by atoms with E-state index >= 15 is 0 Å². The normalized spacial score (nSPS) is 17.3. The van der Waals surface area contributed by atoms with E-state index in [9.17, 15) is 13.2 Å². The van der Waals surface area contributed by atoms with E-state index < -0.39 is 18.9 Å². The zero-order valence-corrected chi connectivity index (χ0v) is 14.3. The quantitative estimate of drug-likeness (QED) is 0.615. The predicted molar refractivity (Wildman–Crippen MR) is 98.5 cm³/mol. The van der Waals surface area contributed by atoms with E-state index in [1.807, 2.05) is 54.6 Å². The van der Waals surface area contributed by atoms with Crippen molar-refractivity contribution in [1.29, 1.82) is 0 Å². The third kappa shape index (κ3) is 3.92. The molecule has 0 amide bonds. The first-order chi connectivity index (χ1) is 13.0. The summed E-state index contributed by atoms with van der Waals surface area (Å²) in [6.07, 6.45) is -4.72. The Hall–Kier alpha value is -2.57. The molecule has 0 aliphatic carbocycles. The third-order valence-corrected chi connectivity index (χ3v) is 4.59. The molecule has 3 aromatic carbocycles. The number of hydrogen-bond donors (Lipinski definition) is 0. The minimum Gasteiger partial charge on any atom is -0.404 e. The van der Waals surface area contributed by atoms with Crippen molar-refractivity contribution in [3.63, 3.8) is 0 Å². The molecule has 1 aliphatic rings. The van der Waals surface area contributed by atoms with Crippen LogP contribution in [-0.2, 0) is 15.5 Å². The molecule has 0 spiro atoms. The molecule has 0 N–H and O–H groups in total. The summed E-state index contributed by atoms with van der Waals surface area (Å²) in [5, 5.41) is 0. The van der Waals surface area contributed by atoms with Crippen LogP contribution in [0.2, 0.25) is 0 Å². The average molecular weight is 368 g/mol. The fourth-order valence-electron chi connectivity index (χ4n) is 3.10. The molecule has 0 unspecified atom stereocenters. The first kappa shape index (κ1) is 17.8. The van der Waals surface area contributed by atoms with Gasteiger partial charge in [-0.3, -0.25) is 0 Å². The maximum absolute atomic E-state index is 12.7. The minimum atomic E-state index is -4.34. The maximum atomic E-state index is 12.7. The summed E-state index contributed by atoms with van der Waals surface area (Å²) in [6, 6.07) is 22.9. The smallest absolute Gasteiger partial charge is 0.404 e. The lowest BCUT2D eigenvalue weighted by Gasteiger charge is -2.12. The van der Waals surface area contributed by atoms with E-state index in [-0.39, 0.29) is 6.10 Å². The van der Waals surface area contributed by atoms with Gasteiger partial charge in [0.25, 0.3) is 0 Å². The molecule has 0 aromatic heterocycles. The standard InChI is InChI=1S/C21H16BF3O2/c23-21(24,25)18-10-6-17(7-11-18)20-14-26-22(27-20)19-12-8-16(9-13-19)15-4-2-1-3-5-15/h1-13,20H,14H2/t20-/m0/s1. The Labute approximate surface area is 155 Å². The van der Waals surface area contributed by atoms with Gasteiger partial charge in [-0.2, -0.15) is 13.2 Å². The van der Waals surface area contributed by atoms with Crippen LogP contribution in [0.15, 0.2) is 78.9 Å². The Kier molecular flexibility index (Phi) is 4.76. The second kappa shape index (κ2) is 7.21. The Balaban J connectivity index is 1.45. The van der Waals surface area contributed by atoms with E-state index in [0.717, 1.165) is 28.7 Å². The summed E-state index contributed by atoms with van der Waals surface area (Å²) in [6.45, 7) is 0.302. The number of alkyl halides is 3. The lowest BCUT2D eigenvalue weighted by molar-refractivity contribution is -0.137. The van der Waals surface area contributed by atoms with Crippen molar-refractivity contribution in [3.05, 3.63) is 90.0 Å². The summed E-state index contributed by atoms with van der Waals surface area (Å²) in [5.74, 6) is 0. The number of rotatable bonds is 3. The fourth-order valence-corrected chi connectivity index (χ4v) is 3.10. The van der Waals surface area contributed by atoms with E-state index in [2.05, 4.69) is 0 Å². The van der Waals surface area contributed by atoms with Gasteiger partial charge in [0.2, 0.25) is 0 Å². The first-order valence-corrected chi connectivity index (χ1v) is 8.60. The number of hydrogen-bond acceptors (Lipinski definition) is 2. The molecular weight excluding hydrogens is 352 g/mol. The van der Waals surface area contributed by atoms with Gasteiger partial charge in [-0.25, -0.2) is 0 Å². The van der Waals surface area contributed by atoms with Gasteiger partial charge in [-0.1, -0.05) is 66.7 Å². The first-order valence-electron chi connectivity index (χ1n) is 8.60. The van der Waals surface area contributed by atoms with E-state index in [1.54, 1.807) is 0 Å². The topological polar surface area (TPSA) is 18.5 Å². The van der Waals surface area contributed by atoms with Gasteiger partial charge in [-0.05, 0) is 34.3 Å². The number of benzene rings is 3. The van der Waals surface area contributed by atoms with Crippen molar-refractivity contribution >= 4 is 12.6 Å². The van der Waals surface area contributed by atoms with Crippen molar-refractivity contribution in [2.75, 3.05) is 6.61 Å². The van der Waals surface area contributed by atoms with Crippen LogP contribution in [0.5, 0.6) is 0 Å². The second-order valence-electron chi connectivity index (χ2n) is 6.40. The van der Waals surface area contributed by atoms with Gasteiger partial charge >= 0.3 is 13.3 Å². The predicted octanol–water partition coefficient (Wildman–Crippen LogP) is 4.86. The highest BCUT2D eigenvalue weighted by Crippen LogP contribution is 2.31. The maximum Gasteiger partial charge on any atom is 0.494 e. The van der Waals surface area contributed by atoms with Gasteiger partial charge in [-0.15, -0.1) is 0 Å². The molecule has 1 heterocycles. The average Bonchev–Trinajstić information content (AvgIpc) is 3.18. The molecule has 27 heavy (non-hydrogen) atoms. The van der Waals surface area contributed by atoms with Crippen LogP contribution >= 0.6 is 0 Å². The summed E-state index contributed by atoms with van der Waals surface area (Å²) >= 11 is 0. The van der Waals surface area contributed by atoms with Crippen LogP contribution in [-0.4, -0.2) is 13.7 Å². The molecule has 3 aromatic rings. The van der Waals surface area contributed by atoms with Crippen molar-refractivity contribution in [3.8, 4) is 11.1 Å². The molecule has 0 saturated carbocycles. The highest BCUT2D eigenvalue weighted by Gasteiger charge is 2.35. The van der Waals surface area contributed by atoms with Crippen molar-refractivity contribution in [2.45, 2.75) is 12.3 Å². The molecule has 136 valence electrons. The van der Waals surface area contributed by atoms with Gasteiger partial charge in [0, 0.05) is 0 Å². The van der Waals surface area contributed by atoms with Crippen LogP contribution in [0.4, 0.5) is 13.2 Å². The minimum absolute atomic E-state index is 0.302. The van der Waals surface area contributed by atoms with E-state index in [0.29, 0.717) is 12.2 Å². The molecule has 0 radical (unpaired) electrons. The second-order valence-corrected chi connectivity index (χ2v) is 6.40. The fraction of sp³-hybridized carbons (Fsp3) is 0.143. The Morgan fingerprint density at radius 1 is 0.778 bits per heavy atom. The SMILES string of the molecule is FC(F)(F)c1ccc([C@@H]2COB(c3ccc(-c4ccccc4)cc3)O2)cc1. The highest BCUT2D eigenvalue weighted by atomic mass is 19.4.